The second-order valence-electron chi connectivity index (χ2n) is 25.8. The minimum Gasteiger partial charge on any atom is -0.458 e. The van der Waals surface area contributed by atoms with E-state index < -0.39 is 47.4 Å². The molecule has 8 heterocycles. The number of amides is 2. The molecule has 2 saturated heterocycles. The SMILES string of the molecule is CC(C)(C)OC(=O)[C@H](CN)NC(=O)OCc1ccccc1.CCCc1c(Cl)ncnc1N1CCC(c2ccc3c(n2)NCCC3)CC1.CCCc1c(NC[C@H](NC(=O)OCc2ccccc2)C(=O)OC(C)(C)C)ncnc1N1CCC(c2ccc3c(n2)NCCC3)CC1. The second-order valence-corrected chi connectivity index (χ2v) is 26.1. The molecule has 0 saturated carbocycles. The largest absolute Gasteiger partial charge is 0.458 e. The van der Waals surface area contributed by atoms with E-state index in [4.69, 9.17) is 51.2 Å². The molecule has 4 aliphatic rings. The van der Waals surface area contributed by atoms with Crippen LogP contribution in [0.3, 0.4) is 0 Å². The predicted octanol–water partition coefficient (Wildman–Crippen LogP) is 11.4. The number of halogens is 1. The number of nitrogens with zero attached hydrogens (tertiary/aromatic N) is 8. The molecular formula is C70H95ClN14O8. The van der Waals surface area contributed by atoms with E-state index in [1.54, 1.807) is 54.2 Å². The molecule has 0 spiro atoms. The first-order valence-electron chi connectivity index (χ1n) is 32.9. The number of hydrogen-bond donors (Lipinski definition) is 6. The molecule has 2 atom stereocenters. The summed E-state index contributed by atoms with van der Waals surface area (Å²) in [7, 11) is 0. The zero-order valence-corrected chi connectivity index (χ0v) is 56.2. The number of ether oxygens (including phenoxy) is 4. The molecule has 10 rings (SSSR count). The molecule has 6 aromatic rings. The van der Waals surface area contributed by atoms with Crippen LogP contribution in [0.25, 0.3) is 0 Å². The van der Waals surface area contributed by atoms with Crippen molar-refractivity contribution in [1.29, 1.82) is 0 Å². The van der Waals surface area contributed by atoms with Crippen LogP contribution in [-0.4, -0.2) is 130 Å². The Labute approximate surface area is 553 Å². The molecule has 500 valence electrons. The van der Waals surface area contributed by atoms with E-state index in [9.17, 15) is 19.2 Å². The number of nitrogens with two attached hydrogens (primary N) is 1. The van der Waals surface area contributed by atoms with E-state index in [1.165, 1.54) is 23.2 Å². The minimum absolute atomic E-state index is 0.0602. The molecular weight excluding hydrogens is 1200 g/mol. The first-order valence-corrected chi connectivity index (χ1v) is 33.3. The summed E-state index contributed by atoms with van der Waals surface area (Å²) < 4.78 is 21.2. The lowest BCUT2D eigenvalue weighted by atomic mass is 9.92. The fourth-order valence-electron chi connectivity index (χ4n) is 11.5. The summed E-state index contributed by atoms with van der Waals surface area (Å²) in [6, 6.07) is 25.6. The van der Waals surface area contributed by atoms with Crippen LogP contribution in [0, 0.1) is 0 Å². The summed E-state index contributed by atoms with van der Waals surface area (Å²) in [5.41, 5.74) is 13.0. The molecule has 0 bridgehead atoms. The van der Waals surface area contributed by atoms with Gasteiger partial charge in [0.05, 0.1) is 0 Å². The zero-order valence-electron chi connectivity index (χ0n) is 55.4. The van der Waals surface area contributed by atoms with Gasteiger partial charge >= 0.3 is 24.1 Å². The third-order valence-electron chi connectivity index (χ3n) is 16.2. The topological polar surface area (TPSA) is 275 Å². The smallest absolute Gasteiger partial charge is 0.408 e. The minimum atomic E-state index is -0.996. The van der Waals surface area contributed by atoms with Crippen molar-refractivity contribution in [1.82, 2.24) is 40.5 Å². The molecule has 4 aliphatic heterocycles. The summed E-state index contributed by atoms with van der Waals surface area (Å²) in [5, 5.41) is 15.9. The van der Waals surface area contributed by atoms with Crippen LogP contribution in [0.15, 0.2) is 97.6 Å². The van der Waals surface area contributed by atoms with E-state index in [0.717, 1.165) is 161 Å². The highest BCUT2D eigenvalue weighted by Crippen LogP contribution is 2.36. The number of alkyl carbamates (subject to hydrolysis) is 2. The van der Waals surface area contributed by atoms with E-state index in [1.807, 2.05) is 60.7 Å². The van der Waals surface area contributed by atoms with Crippen LogP contribution in [0.4, 0.5) is 38.7 Å². The predicted molar refractivity (Wildman–Crippen MR) is 364 cm³/mol. The van der Waals surface area contributed by atoms with Gasteiger partial charge in [0.15, 0.2) is 0 Å². The Morgan fingerprint density at radius 1 is 0.602 bits per heavy atom. The lowest BCUT2D eigenvalue weighted by molar-refractivity contribution is -0.158. The molecule has 22 nitrogen and oxygen atoms in total. The number of esters is 2. The number of fused-ring (bicyclic) bond motifs is 2. The maximum absolute atomic E-state index is 13.2. The lowest BCUT2D eigenvalue weighted by Crippen LogP contribution is -2.48. The monoisotopic (exact) mass is 1290 g/mol. The Hall–Kier alpha value is -8.37. The van der Waals surface area contributed by atoms with Crippen molar-refractivity contribution >= 4 is 64.8 Å². The highest BCUT2D eigenvalue weighted by atomic mass is 35.5. The second kappa shape index (κ2) is 34.5. The molecule has 2 fully saturated rings. The number of rotatable bonds is 20. The van der Waals surface area contributed by atoms with E-state index >= 15 is 0 Å². The van der Waals surface area contributed by atoms with Crippen molar-refractivity contribution < 1.29 is 38.1 Å². The Morgan fingerprint density at radius 2 is 1.04 bits per heavy atom. The van der Waals surface area contributed by atoms with Crippen LogP contribution in [-0.2, 0) is 67.4 Å². The number of anilines is 5. The lowest BCUT2D eigenvalue weighted by Gasteiger charge is -2.34. The van der Waals surface area contributed by atoms with Gasteiger partial charge in [-0.25, -0.2) is 49.1 Å². The molecule has 0 radical (unpaired) electrons. The first-order chi connectivity index (χ1) is 44.8. The van der Waals surface area contributed by atoms with Gasteiger partial charge < -0.3 is 61.1 Å². The number of hydrogen-bond acceptors (Lipinski definition) is 20. The normalized spacial score (nSPS) is 15.5. The summed E-state index contributed by atoms with van der Waals surface area (Å²) in [6.07, 6.45) is 14.1. The van der Waals surface area contributed by atoms with Gasteiger partial charge in [0.2, 0.25) is 0 Å². The molecule has 23 heteroatoms. The number of carbonyl (C=O) groups excluding carboxylic acids is 4. The van der Waals surface area contributed by atoms with Crippen molar-refractivity contribution in [2.24, 2.45) is 5.73 Å². The van der Waals surface area contributed by atoms with Gasteiger partial charge in [-0.3, -0.25) is 0 Å². The molecule has 93 heavy (non-hydrogen) atoms. The van der Waals surface area contributed by atoms with Crippen LogP contribution >= 0.6 is 11.6 Å². The fraction of sp³-hybridized carbons (Fsp3) is 0.514. The zero-order chi connectivity index (χ0) is 66.3. The third kappa shape index (κ3) is 21.6. The van der Waals surface area contributed by atoms with Gasteiger partial charge in [0.1, 0.15) is 83.4 Å². The Bertz CT molecular complexity index is 3370. The third-order valence-corrected chi connectivity index (χ3v) is 16.5. The standard InChI is InChI=1S/C35H47N7O4.C20H26ClN5.C15H22N2O4/c1-5-10-27-31(37-21-29(33(43)46-35(2,3)4)41-34(44)45-22-24-11-7-6-8-12-24)38-23-39-32(27)42-19-16-25(17-20-42)28-15-14-26-13-9-18-36-30(26)40-28;1-2-4-16-18(21)23-13-24-20(16)26-11-8-14(9-12-26)17-7-6-15-5-3-10-22-19(15)25-17;1-15(2,3)21-13(18)12(9-16)17-14(19)20-10-11-7-5-4-6-8-11/h6-8,11-12,14-15,23,25,29H,5,9-10,13,16-22H2,1-4H3,(H,36,40)(H,41,44)(H,37,38,39);6-7,13-14H,2-5,8-12H2,1H3,(H,22,25);4-8,12H,9-10,16H2,1-3H3,(H,17,19)/t29-;;12-/m0.0/s1. The van der Waals surface area contributed by atoms with Gasteiger partial charge in [-0.15, -0.1) is 0 Å². The van der Waals surface area contributed by atoms with Crippen molar-refractivity contribution in [3.8, 4) is 0 Å². The van der Waals surface area contributed by atoms with Crippen molar-refractivity contribution in [2.75, 3.05) is 78.1 Å². The van der Waals surface area contributed by atoms with E-state index in [0.29, 0.717) is 22.8 Å². The van der Waals surface area contributed by atoms with Gasteiger partial charge in [-0.05, 0) is 140 Å². The van der Waals surface area contributed by atoms with Gasteiger partial charge in [-0.1, -0.05) is 111 Å². The van der Waals surface area contributed by atoms with Crippen LogP contribution in [0.5, 0.6) is 0 Å². The number of nitrogens with one attached hydrogen (secondary N) is 5. The van der Waals surface area contributed by atoms with Crippen molar-refractivity contribution in [2.45, 2.75) is 181 Å². The van der Waals surface area contributed by atoms with Crippen LogP contribution in [0.1, 0.15) is 163 Å². The van der Waals surface area contributed by atoms with Crippen LogP contribution < -0.4 is 42.1 Å². The van der Waals surface area contributed by atoms with Gasteiger partial charge in [0, 0.05) is 86.7 Å². The van der Waals surface area contributed by atoms with Gasteiger partial charge in [-0.2, -0.15) is 0 Å². The average molecular weight is 1300 g/mol. The molecule has 2 aromatic carbocycles. The highest BCUT2D eigenvalue weighted by molar-refractivity contribution is 6.30. The number of benzene rings is 2. The summed E-state index contributed by atoms with van der Waals surface area (Å²) in [6.45, 7) is 20.8. The Balaban J connectivity index is 0.000000199. The average Bonchev–Trinajstić information content (AvgIpc) is 0.879. The quantitative estimate of drug-likeness (QED) is 0.0235. The van der Waals surface area contributed by atoms with Gasteiger partial charge in [0.25, 0.3) is 0 Å². The number of carbonyl (C=O) groups is 4. The molecule has 0 unspecified atom stereocenters. The number of piperidine rings is 2. The summed E-state index contributed by atoms with van der Waals surface area (Å²) in [4.78, 5) is 81.9. The molecule has 7 N–H and O–H groups in total. The van der Waals surface area contributed by atoms with E-state index in [2.05, 4.69) is 89.4 Å². The maximum atomic E-state index is 13.2. The molecule has 2 amide bonds. The highest BCUT2D eigenvalue weighted by Gasteiger charge is 2.32. The molecule has 0 aliphatic carbocycles. The Kier molecular flexibility index (Phi) is 26.2. The van der Waals surface area contributed by atoms with Crippen molar-refractivity contribution in [3.05, 3.63) is 148 Å². The first kappa shape index (κ1) is 70.5. The number of aryl methyl sites for hydroxylation is 2. The number of pyridine rings is 2. The summed E-state index contributed by atoms with van der Waals surface area (Å²) in [5.74, 6) is 4.50. The van der Waals surface area contributed by atoms with Crippen LogP contribution in [0.2, 0.25) is 5.15 Å². The number of aromatic nitrogens is 6. The maximum Gasteiger partial charge on any atom is 0.408 e. The van der Waals surface area contributed by atoms with Crippen molar-refractivity contribution in [3.63, 3.8) is 0 Å². The Morgan fingerprint density at radius 3 is 1.51 bits per heavy atom. The summed E-state index contributed by atoms with van der Waals surface area (Å²) >= 11 is 6.32. The van der Waals surface area contributed by atoms with E-state index in [-0.39, 0.29) is 26.3 Å². The fourth-order valence-corrected chi connectivity index (χ4v) is 11.7. The molecule has 4 aromatic heterocycles.